The number of halogens is 1. The smallest absolute Gasteiger partial charge is 0.144 e. The predicted molar refractivity (Wildman–Crippen MR) is 135 cm³/mol. The first kappa shape index (κ1) is 23.9. The zero-order valence-corrected chi connectivity index (χ0v) is 20.2. The van der Waals surface area contributed by atoms with Crippen LogP contribution in [0.15, 0.2) is 30.3 Å². The maximum atomic E-state index is 9.93. The molecular formula is C26H29ClN4O3. The third-order valence-electron chi connectivity index (χ3n) is 5.95. The zero-order valence-electron chi connectivity index (χ0n) is 19.5. The van der Waals surface area contributed by atoms with Crippen molar-refractivity contribution in [3.63, 3.8) is 0 Å². The molecule has 0 unspecified atom stereocenters. The minimum absolute atomic E-state index is 0.475. The molecule has 8 heteroatoms. The van der Waals surface area contributed by atoms with Crippen LogP contribution in [0.2, 0.25) is 5.02 Å². The molecule has 0 bridgehead atoms. The number of nitrogens with one attached hydrogen (secondary N) is 1. The molecule has 0 spiro atoms. The molecule has 1 aliphatic heterocycles. The van der Waals surface area contributed by atoms with Gasteiger partial charge in [-0.2, -0.15) is 5.26 Å². The molecule has 1 fully saturated rings. The summed E-state index contributed by atoms with van der Waals surface area (Å²) in [6.07, 6.45) is 2.61. The SMILES string of the molecule is CCOc1cc2nc(CC)c(C#N)c(Nc3ccc(OCC4CCOCC4)c(Cl)c3)c2cc1N. The van der Waals surface area contributed by atoms with Gasteiger partial charge >= 0.3 is 0 Å². The molecule has 3 aromatic rings. The molecule has 2 heterocycles. The average molecular weight is 481 g/mol. The lowest BCUT2D eigenvalue weighted by atomic mass is 10.0. The normalized spacial score (nSPS) is 14.1. The summed E-state index contributed by atoms with van der Waals surface area (Å²) in [5.74, 6) is 1.69. The lowest BCUT2D eigenvalue weighted by molar-refractivity contribution is 0.0498. The van der Waals surface area contributed by atoms with E-state index in [1.807, 2.05) is 32.0 Å². The minimum atomic E-state index is 0.475. The van der Waals surface area contributed by atoms with Crippen LogP contribution in [0.3, 0.4) is 0 Å². The van der Waals surface area contributed by atoms with E-state index in [0.29, 0.717) is 70.2 Å². The number of aromatic nitrogens is 1. The first-order valence-corrected chi connectivity index (χ1v) is 12.0. The highest BCUT2D eigenvalue weighted by Gasteiger charge is 2.18. The highest BCUT2D eigenvalue weighted by Crippen LogP contribution is 2.37. The van der Waals surface area contributed by atoms with Gasteiger partial charge in [0.1, 0.15) is 17.6 Å². The summed E-state index contributed by atoms with van der Waals surface area (Å²) in [6, 6.07) is 11.5. The number of anilines is 3. The van der Waals surface area contributed by atoms with Crippen LogP contribution in [0.5, 0.6) is 11.5 Å². The summed E-state index contributed by atoms with van der Waals surface area (Å²) in [7, 11) is 0. The lowest BCUT2D eigenvalue weighted by Crippen LogP contribution is -2.21. The Morgan fingerprint density at radius 1 is 1.18 bits per heavy atom. The Kier molecular flexibility index (Phi) is 7.61. The third-order valence-corrected chi connectivity index (χ3v) is 6.25. The standard InChI is InChI=1S/C26H29ClN4O3/c1-3-22-19(14-28)26(18-12-21(29)25(33-4-2)13-23(18)31-22)30-17-5-6-24(20(27)11-17)34-15-16-7-9-32-10-8-16/h5-6,11-13,16H,3-4,7-10,15,29H2,1-2H3,(H,30,31). The van der Waals surface area contributed by atoms with E-state index in [2.05, 4.69) is 11.4 Å². The molecule has 0 aliphatic carbocycles. The molecule has 1 aliphatic rings. The molecule has 3 N–H and O–H groups in total. The van der Waals surface area contributed by atoms with Crippen molar-refractivity contribution in [3.05, 3.63) is 46.6 Å². The number of nitrogens with two attached hydrogens (primary N) is 1. The molecule has 2 aromatic carbocycles. The van der Waals surface area contributed by atoms with E-state index >= 15 is 0 Å². The second-order valence-electron chi connectivity index (χ2n) is 8.25. The Morgan fingerprint density at radius 2 is 1.97 bits per heavy atom. The molecular weight excluding hydrogens is 452 g/mol. The molecule has 1 aromatic heterocycles. The fourth-order valence-electron chi connectivity index (χ4n) is 4.11. The Balaban J connectivity index is 1.65. The first-order valence-electron chi connectivity index (χ1n) is 11.6. The van der Waals surface area contributed by atoms with Gasteiger partial charge in [-0.25, -0.2) is 0 Å². The van der Waals surface area contributed by atoms with Crippen LogP contribution >= 0.6 is 11.6 Å². The van der Waals surface area contributed by atoms with Crippen LogP contribution in [0, 0.1) is 17.2 Å². The fourth-order valence-corrected chi connectivity index (χ4v) is 4.34. The summed E-state index contributed by atoms with van der Waals surface area (Å²) in [6.45, 7) is 6.55. The number of fused-ring (bicyclic) bond motifs is 1. The summed E-state index contributed by atoms with van der Waals surface area (Å²) in [4.78, 5) is 4.70. The van der Waals surface area contributed by atoms with Gasteiger partial charge in [0.25, 0.3) is 0 Å². The number of benzene rings is 2. The number of nitriles is 1. The van der Waals surface area contributed by atoms with Crippen molar-refractivity contribution in [1.82, 2.24) is 4.98 Å². The van der Waals surface area contributed by atoms with E-state index in [4.69, 9.17) is 36.5 Å². The number of rotatable bonds is 8. The lowest BCUT2D eigenvalue weighted by Gasteiger charge is -2.22. The average Bonchev–Trinajstić information content (AvgIpc) is 2.85. The number of nitrogens with zero attached hydrogens (tertiary/aromatic N) is 2. The Hall–Kier alpha value is -3.21. The van der Waals surface area contributed by atoms with Crippen molar-refractivity contribution in [1.29, 1.82) is 5.26 Å². The Morgan fingerprint density at radius 3 is 2.65 bits per heavy atom. The molecule has 34 heavy (non-hydrogen) atoms. The van der Waals surface area contributed by atoms with E-state index in [-0.39, 0.29) is 0 Å². The Bertz CT molecular complexity index is 1220. The van der Waals surface area contributed by atoms with E-state index in [0.717, 1.165) is 37.1 Å². The van der Waals surface area contributed by atoms with Crippen LogP contribution in [-0.2, 0) is 11.2 Å². The summed E-state index contributed by atoms with van der Waals surface area (Å²) < 4.78 is 17.0. The van der Waals surface area contributed by atoms with Crippen molar-refractivity contribution < 1.29 is 14.2 Å². The number of ether oxygens (including phenoxy) is 3. The molecule has 1 saturated heterocycles. The monoisotopic (exact) mass is 480 g/mol. The molecule has 178 valence electrons. The van der Waals surface area contributed by atoms with Gasteiger partial charge < -0.3 is 25.3 Å². The second kappa shape index (κ2) is 10.8. The first-order chi connectivity index (χ1) is 16.5. The number of hydrogen-bond acceptors (Lipinski definition) is 7. The number of hydrogen-bond donors (Lipinski definition) is 2. The highest BCUT2D eigenvalue weighted by molar-refractivity contribution is 6.32. The highest BCUT2D eigenvalue weighted by atomic mass is 35.5. The molecule has 0 atom stereocenters. The van der Waals surface area contributed by atoms with Gasteiger partial charge in [-0.15, -0.1) is 0 Å². The van der Waals surface area contributed by atoms with E-state index in [1.165, 1.54) is 0 Å². The van der Waals surface area contributed by atoms with Crippen molar-refractivity contribution in [2.24, 2.45) is 5.92 Å². The maximum absolute atomic E-state index is 9.93. The van der Waals surface area contributed by atoms with E-state index in [9.17, 15) is 5.26 Å². The molecule has 4 rings (SSSR count). The summed E-state index contributed by atoms with van der Waals surface area (Å²) in [5, 5.41) is 14.5. The van der Waals surface area contributed by atoms with Gasteiger partial charge in [0, 0.05) is 30.4 Å². The van der Waals surface area contributed by atoms with Crippen molar-refractivity contribution in [2.45, 2.75) is 33.1 Å². The molecule has 0 saturated carbocycles. The van der Waals surface area contributed by atoms with Crippen molar-refractivity contribution in [2.75, 3.05) is 37.5 Å². The van der Waals surface area contributed by atoms with Gasteiger partial charge in [-0.3, -0.25) is 4.98 Å². The van der Waals surface area contributed by atoms with Gasteiger partial charge in [-0.1, -0.05) is 18.5 Å². The second-order valence-corrected chi connectivity index (χ2v) is 8.66. The molecule has 7 nitrogen and oxygen atoms in total. The van der Waals surface area contributed by atoms with Crippen molar-refractivity contribution in [3.8, 4) is 17.6 Å². The minimum Gasteiger partial charge on any atom is -0.492 e. The van der Waals surface area contributed by atoms with Crippen LogP contribution < -0.4 is 20.5 Å². The fraction of sp³-hybridized carbons (Fsp3) is 0.385. The van der Waals surface area contributed by atoms with Gasteiger partial charge in [-0.05, 0) is 56.4 Å². The molecule has 0 radical (unpaired) electrons. The zero-order chi connectivity index (χ0) is 24.1. The van der Waals surface area contributed by atoms with Crippen molar-refractivity contribution >= 4 is 39.6 Å². The van der Waals surface area contributed by atoms with Crippen LogP contribution in [-0.4, -0.2) is 31.4 Å². The van der Waals surface area contributed by atoms with E-state index < -0.39 is 0 Å². The number of pyridine rings is 1. The van der Waals surface area contributed by atoms with Gasteiger partial charge in [0.05, 0.1) is 46.4 Å². The topological polar surface area (TPSA) is 102 Å². The maximum Gasteiger partial charge on any atom is 0.144 e. The molecule has 0 amide bonds. The van der Waals surface area contributed by atoms with E-state index in [1.54, 1.807) is 12.1 Å². The third kappa shape index (κ3) is 5.14. The van der Waals surface area contributed by atoms with Crippen LogP contribution in [0.4, 0.5) is 17.1 Å². The van der Waals surface area contributed by atoms with Crippen LogP contribution in [0.25, 0.3) is 10.9 Å². The van der Waals surface area contributed by atoms with Gasteiger partial charge in [0.15, 0.2) is 0 Å². The van der Waals surface area contributed by atoms with Crippen LogP contribution in [0.1, 0.15) is 37.9 Å². The predicted octanol–water partition coefficient (Wildman–Crippen LogP) is 5.85. The van der Waals surface area contributed by atoms with Gasteiger partial charge in [0.2, 0.25) is 0 Å². The Labute approximate surface area is 204 Å². The largest absolute Gasteiger partial charge is 0.492 e. The number of nitrogen functional groups attached to an aromatic ring is 1. The quantitative estimate of drug-likeness (QED) is 0.389. The summed E-state index contributed by atoms with van der Waals surface area (Å²) in [5.41, 5.74) is 9.99. The number of aryl methyl sites for hydroxylation is 1. The summed E-state index contributed by atoms with van der Waals surface area (Å²) >= 11 is 6.54.